The van der Waals surface area contributed by atoms with Crippen molar-refractivity contribution in [2.75, 3.05) is 31.3 Å². The summed E-state index contributed by atoms with van der Waals surface area (Å²) in [6.45, 7) is 0.811. The van der Waals surface area contributed by atoms with E-state index in [4.69, 9.17) is 5.73 Å². The highest BCUT2D eigenvalue weighted by molar-refractivity contribution is 5.96. The van der Waals surface area contributed by atoms with Crippen molar-refractivity contribution in [3.05, 3.63) is 53.9 Å². The van der Waals surface area contributed by atoms with Crippen LogP contribution in [0.25, 0.3) is 0 Å². The molecule has 1 aromatic carbocycles. The third-order valence-corrected chi connectivity index (χ3v) is 3.42. The minimum absolute atomic E-state index is 0.112. The van der Waals surface area contributed by atoms with Crippen LogP contribution in [0.15, 0.2) is 42.7 Å². The monoisotopic (exact) mass is 284 g/mol. The third kappa shape index (κ3) is 3.72. The zero-order valence-corrected chi connectivity index (χ0v) is 12.3. The Hall–Kier alpha value is -2.56. The quantitative estimate of drug-likeness (QED) is 0.820. The number of carbonyl (C=O) groups excluding carboxylic acids is 1. The van der Waals surface area contributed by atoms with Gasteiger partial charge in [0.05, 0.1) is 11.4 Å². The number of rotatable bonds is 5. The number of nitrogens with zero attached hydrogens (tertiary/aromatic N) is 2. The molecule has 5 heteroatoms. The number of pyridine rings is 1. The van der Waals surface area contributed by atoms with E-state index in [0.717, 1.165) is 18.7 Å². The highest BCUT2D eigenvalue weighted by Crippen LogP contribution is 2.23. The second-order valence-electron chi connectivity index (χ2n) is 4.88. The van der Waals surface area contributed by atoms with Crippen LogP contribution in [0.2, 0.25) is 0 Å². The molecule has 1 aromatic heterocycles. The summed E-state index contributed by atoms with van der Waals surface area (Å²) in [4.78, 5) is 17.8. The number of anilines is 2. The molecule has 110 valence electrons. The molecular weight excluding hydrogens is 264 g/mol. The van der Waals surface area contributed by atoms with E-state index < -0.39 is 0 Å². The molecule has 0 unspecified atom stereocenters. The first kappa shape index (κ1) is 14.8. The molecule has 21 heavy (non-hydrogen) atoms. The van der Waals surface area contributed by atoms with Gasteiger partial charge in [-0.15, -0.1) is 0 Å². The summed E-state index contributed by atoms with van der Waals surface area (Å²) in [5.41, 5.74) is 9.38. The van der Waals surface area contributed by atoms with Gasteiger partial charge in [0.15, 0.2) is 0 Å². The Bertz CT molecular complexity index is 613. The zero-order chi connectivity index (χ0) is 15.2. The first-order chi connectivity index (χ1) is 10.1. The molecule has 0 radical (unpaired) electrons. The van der Waals surface area contributed by atoms with E-state index in [0.29, 0.717) is 11.3 Å². The van der Waals surface area contributed by atoms with Gasteiger partial charge in [0.2, 0.25) is 0 Å². The van der Waals surface area contributed by atoms with E-state index in [1.54, 1.807) is 31.6 Å². The first-order valence-corrected chi connectivity index (χ1v) is 6.83. The maximum atomic E-state index is 11.7. The number of nitrogens with one attached hydrogen (secondary N) is 1. The molecule has 0 aliphatic heterocycles. The Morgan fingerprint density at radius 3 is 2.67 bits per heavy atom. The van der Waals surface area contributed by atoms with E-state index in [1.807, 2.05) is 25.2 Å². The van der Waals surface area contributed by atoms with Crippen molar-refractivity contribution in [2.24, 2.45) is 0 Å². The summed E-state index contributed by atoms with van der Waals surface area (Å²) < 4.78 is 0. The van der Waals surface area contributed by atoms with Gasteiger partial charge in [0.25, 0.3) is 5.91 Å². The number of amides is 1. The Kier molecular flexibility index (Phi) is 4.77. The number of nitrogens with two attached hydrogens (primary N) is 1. The SMILES string of the molecule is CNC(=O)c1ccc(N)c(N(C)CCc2ccncc2)c1. The third-order valence-electron chi connectivity index (χ3n) is 3.42. The second-order valence-corrected chi connectivity index (χ2v) is 4.88. The lowest BCUT2D eigenvalue weighted by molar-refractivity contribution is 0.0963. The van der Waals surface area contributed by atoms with Gasteiger partial charge in [0.1, 0.15) is 0 Å². The van der Waals surface area contributed by atoms with Crippen LogP contribution in [0.4, 0.5) is 11.4 Å². The smallest absolute Gasteiger partial charge is 0.251 e. The molecule has 0 atom stereocenters. The molecule has 0 bridgehead atoms. The highest BCUT2D eigenvalue weighted by Gasteiger charge is 2.10. The van der Waals surface area contributed by atoms with E-state index in [1.165, 1.54) is 5.56 Å². The fraction of sp³-hybridized carbons (Fsp3) is 0.250. The molecule has 2 aromatic rings. The molecule has 0 aliphatic rings. The predicted octanol–water partition coefficient (Wildman–Crippen LogP) is 1.70. The van der Waals surface area contributed by atoms with Gasteiger partial charge >= 0.3 is 0 Å². The van der Waals surface area contributed by atoms with Crippen LogP contribution in [0.5, 0.6) is 0 Å². The largest absolute Gasteiger partial charge is 0.397 e. The van der Waals surface area contributed by atoms with Crippen LogP contribution in [0.3, 0.4) is 0 Å². The number of hydrogen-bond donors (Lipinski definition) is 2. The van der Waals surface area contributed by atoms with Crippen molar-refractivity contribution in [1.82, 2.24) is 10.3 Å². The van der Waals surface area contributed by atoms with Gasteiger partial charge in [-0.25, -0.2) is 0 Å². The van der Waals surface area contributed by atoms with Gasteiger partial charge in [-0.3, -0.25) is 9.78 Å². The van der Waals surface area contributed by atoms with Crippen LogP contribution < -0.4 is 16.0 Å². The molecule has 0 aliphatic carbocycles. The number of carbonyl (C=O) groups is 1. The topological polar surface area (TPSA) is 71.2 Å². The van der Waals surface area contributed by atoms with Gasteiger partial charge < -0.3 is 16.0 Å². The molecule has 0 saturated carbocycles. The molecule has 0 spiro atoms. The van der Waals surface area contributed by atoms with E-state index in [-0.39, 0.29) is 5.91 Å². The Labute approximate surface area is 124 Å². The lowest BCUT2D eigenvalue weighted by atomic mass is 10.1. The van der Waals surface area contributed by atoms with Crippen molar-refractivity contribution >= 4 is 17.3 Å². The normalized spacial score (nSPS) is 10.2. The molecule has 5 nitrogen and oxygen atoms in total. The minimum Gasteiger partial charge on any atom is -0.397 e. The van der Waals surface area contributed by atoms with Crippen molar-refractivity contribution in [2.45, 2.75) is 6.42 Å². The van der Waals surface area contributed by atoms with E-state index >= 15 is 0 Å². The van der Waals surface area contributed by atoms with Gasteiger partial charge in [-0.1, -0.05) is 0 Å². The summed E-state index contributed by atoms with van der Waals surface area (Å²) in [6, 6.07) is 9.31. The summed E-state index contributed by atoms with van der Waals surface area (Å²) in [7, 11) is 3.59. The zero-order valence-electron chi connectivity index (χ0n) is 12.3. The van der Waals surface area contributed by atoms with Gasteiger partial charge in [0, 0.05) is 38.6 Å². The predicted molar refractivity (Wildman–Crippen MR) is 85.5 cm³/mol. The molecule has 2 rings (SSSR count). The van der Waals surface area contributed by atoms with Gasteiger partial charge in [-0.2, -0.15) is 0 Å². The van der Waals surface area contributed by atoms with Crippen LogP contribution in [-0.2, 0) is 6.42 Å². The first-order valence-electron chi connectivity index (χ1n) is 6.83. The molecule has 1 amide bonds. The van der Waals surface area contributed by atoms with Crippen LogP contribution in [-0.4, -0.2) is 31.5 Å². The maximum Gasteiger partial charge on any atom is 0.251 e. The number of aromatic nitrogens is 1. The number of hydrogen-bond acceptors (Lipinski definition) is 4. The van der Waals surface area contributed by atoms with Crippen LogP contribution in [0, 0.1) is 0 Å². The van der Waals surface area contributed by atoms with E-state index in [9.17, 15) is 4.79 Å². The summed E-state index contributed by atoms with van der Waals surface area (Å²) >= 11 is 0. The van der Waals surface area contributed by atoms with Crippen molar-refractivity contribution in [1.29, 1.82) is 0 Å². The van der Waals surface area contributed by atoms with Crippen molar-refractivity contribution < 1.29 is 4.79 Å². The summed E-state index contributed by atoms with van der Waals surface area (Å²) in [5, 5.41) is 2.62. The van der Waals surface area contributed by atoms with Crippen molar-refractivity contribution in [3.63, 3.8) is 0 Å². The fourth-order valence-corrected chi connectivity index (χ4v) is 2.13. The Morgan fingerprint density at radius 2 is 2.00 bits per heavy atom. The average molecular weight is 284 g/mol. The molecule has 0 fully saturated rings. The highest BCUT2D eigenvalue weighted by atomic mass is 16.1. The second kappa shape index (κ2) is 6.74. The lowest BCUT2D eigenvalue weighted by Gasteiger charge is -2.21. The standard InChI is InChI=1S/C16H20N4O/c1-18-16(21)13-3-4-14(17)15(11-13)20(2)10-7-12-5-8-19-9-6-12/h3-6,8-9,11H,7,10,17H2,1-2H3,(H,18,21). The van der Waals surface area contributed by atoms with Crippen LogP contribution in [0.1, 0.15) is 15.9 Å². The summed E-state index contributed by atoms with van der Waals surface area (Å²) in [6.07, 6.45) is 4.47. The maximum absolute atomic E-state index is 11.7. The number of likely N-dealkylation sites (N-methyl/N-ethyl adjacent to an activating group) is 1. The molecule has 3 N–H and O–H groups in total. The van der Waals surface area contributed by atoms with Crippen LogP contribution >= 0.6 is 0 Å². The lowest BCUT2D eigenvalue weighted by Crippen LogP contribution is -2.23. The fourth-order valence-electron chi connectivity index (χ4n) is 2.13. The van der Waals surface area contributed by atoms with Crippen molar-refractivity contribution in [3.8, 4) is 0 Å². The van der Waals surface area contributed by atoms with Gasteiger partial charge in [-0.05, 0) is 42.3 Å². The van der Waals surface area contributed by atoms with E-state index in [2.05, 4.69) is 15.2 Å². The average Bonchev–Trinajstić information content (AvgIpc) is 2.53. The number of benzene rings is 1. The number of nitrogen functional groups attached to an aromatic ring is 1. The Morgan fingerprint density at radius 1 is 1.29 bits per heavy atom. The molecular formula is C16H20N4O. The Balaban J connectivity index is 2.11. The summed E-state index contributed by atoms with van der Waals surface area (Å²) in [5.74, 6) is -0.112. The molecule has 0 saturated heterocycles. The molecule has 1 heterocycles. The minimum atomic E-state index is -0.112.